The van der Waals surface area contributed by atoms with E-state index >= 15 is 0 Å². The molecule has 1 rings (SSSR count). The van der Waals surface area contributed by atoms with Crippen LogP contribution in [-0.4, -0.2) is 19.0 Å². The Labute approximate surface area is 51.3 Å². The summed E-state index contributed by atoms with van der Waals surface area (Å²) in [6.45, 7) is 1.81. The van der Waals surface area contributed by atoms with Crippen molar-refractivity contribution in [3.8, 4) is 0 Å². The zero-order valence-electron chi connectivity index (χ0n) is 4.65. The topological polar surface area (TPSA) is 53.0 Å². The third kappa shape index (κ3) is 1.10. The summed E-state index contributed by atoms with van der Waals surface area (Å²) < 4.78 is 0. The summed E-state index contributed by atoms with van der Waals surface area (Å²) in [4.78, 5) is 4.05. The van der Waals surface area contributed by atoms with Gasteiger partial charge in [-0.05, 0) is 0 Å². The second-order valence-electron chi connectivity index (χ2n) is 1.51. The first kappa shape index (κ1) is 5.37. The second kappa shape index (κ2) is 2.52. The Hall–Kier alpha value is -0.770. The van der Waals surface area contributed by atoms with Gasteiger partial charge in [-0.3, -0.25) is 0 Å². The average molecular weight is 118 g/mol. The van der Waals surface area contributed by atoms with Gasteiger partial charge in [0.05, 0.1) is 6.54 Å². The normalized spacial score (nSPS) is 17.4. The van der Waals surface area contributed by atoms with Crippen molar-refractivity contribution in [2.45, 2.75) is 0 Å². The lowest BCUT2D eigenvalue weighted by Gasteiger charge is -2.02. The molecule has 50 valence electrons. The maximum atomic E-state index is 4.05. The molecule has 0 aromatic heterocycles. The predicted octanol–water partition coefficient (Wildman–Crippen LogP) is -1.70. The van der Waals surface area contributed by atoms with Crippen LogP contribution in [0.25, 0.3) is 0 Å². The van der Waals surface area contributed by atoms with Crippen molar-refractivity contribution in [3.63, 3.8) is 0 Å². The van der Waals surface area contributed by atoms with Gasteiger partial charge in [0.15, 0.2) is 0 Å². The molecule has 0 saturated carbocycles. The van der Waals surface area contributed by atoms with Crippen LogP contribution in [0.1, 0.15) is 2.85 Å². The van der Waals surface area contributed by atoms with Crippen LogP contribution in [0.3, 0.4) is 0 Å². The Morgan fingerprint density at radius 3 is 3.38 bits per heavy atom. The molecule has 4 heteroatoms. The van der Waals surface area contributed by atoms with E-state index in [4.69, 9.17) is 0 Å². The summed E-state index contributed by atoms with van der Waals surface area (Å²) in [6.07, 6.45) is 0. The van der Waals surface area contributed by atoms with E-state index in [2.05, 4.69) is 22.8 Å². The molecule has 0 atom stereocenters. The Morgan fingerprint density at radius 2 is 2.88 bits per heavy atom. The van der Waals surface area contributed by atoms with Crippen LogP contribution in [0.5, 0.6) is 0 Å². The molecule has 0 radical (unpaired) electrons. The molecule has 1 aliphatic heterocycles. The predicted molar refractivity (Wildman–Crippen MR) is 35.0 cm³/mol. The fourth-order valence-corrected chi connectivity index (χ4v) is 0.591. The van der Waals surface area contributed by atoms with Gasteiger partial charge >= 0.3 is 0 Å². The Kier molecular flexibility index (Phi) is 1.69. The summed E-state index contributed by atoms with van der Waals surface area (Å²) in [5.41, 5.74) is 4.46. The summed E-state index contributed by atoms with van der Waals surface area (Å²) in [7, 11) is 3.49. The van der Waals surface area contributed by atoms with Crippen molar-refractivity contribution in [1.29, 1.82) is 0 Å². The monoisotopic (exact) mass is 118 g/mol. The molecule has 0 spiro atoms. The zero-order chi connectivity index (χ0) is 5.82. The van der Waals surface area contributed by atoms with E-state index in [0.29, 0.717) is 0 Å². The molecule has 8 heavy (non-hydrogen) atoms. The number of hydrogen-bond acceptors (Lipinski definition) is 3. The number of nitrogens with one attached hydrogen (secondary N) is 2. The first-order valence-electron chi connectivity index (χ1n) is 2.59. The SMILES string of the molecule is [CH2-][NH2+]NC1=NCCN1.[HH].[HH]. The standard InChI is InChI=1S/C4H10N4.2H2/c1-5-8-4-6-2-3-7-4;;/h1-3,5H2,(H2,6,7,8);2*1H. The minimum Gasteiger partial charge on any atom is -0.372 e. The maximum Gasteiger partial charge on any atom is 0.235 e. The van der Waals surface area contributed by atoms with Gasteiger partial charge < -0.3 is 10.7 Å². The van der Waals surface area contributed by atoms with Crippen LogP contribution in [0.4, 0.5) is 0 Å². The van der Waals surface area contributed by atoms with Gasteiger partial charge in [0.1, 0.15) is 0 Å². The molecular weight excluding hydrogens is 104 g/mol. The van der Waals surface area contributed by atoms with Crippen LogP contribution < -0.4 is 16.2 Å². The number of guanidine groups is 1. The van der Waals surface area contributed by atoms with Gasteiger partial charge in [-0.2, -0.15) is 0 Å². The number of quaternary nitrogens is 1. The molecule has 4 N–H and O–H groups in total. The molecule has 0 aromatic rings. The van der Waals surface area contributed by atoms with Crippen molar-refractivity contribution in [3.05, 3.63) is 7.05 Å². The first-order valence-corrected chi connectivity index (χ1v) is 2.59. The van der Waals surface area contributed by atoms with Crippen molar-refractivity contribution < 1.29 is 8.28 Å². The highest BCUT2D eigenvalue weighted by molar-refractivity contribution is 5.79. The Bertz CT molecular complexity index is 105. The number of aliphatic imine (C=N–C) groups is 1. The van der Waals surface area contributed by atoms with E-state index in [1.54, 1.807) is 5.43 Å². The molecule has 0 fully saturated rings. The van der Waals surface area contributed by atoms with Crippen LogP contribution in [0, 0.1) is 7.05 Å². The maximum absolute atomic E-state index is 4.05. The summed E-state index contributed by atoms with van der Waals surface area (Å²) in [5, 5.41) is 3.03. The van der Waals surface area contributed by atoms with Crippen molar-refractivity contribution >= 4 is 5.96 Å². The quantitative estimate of drug-likeness (QED) is 0.218. The van der Waals surface area contributed by atoms with Gasteiger partial charge in [-0.15, -0.1) is 7.05 Å². The first-order chi connectivity index (χ1) is 3.93. The zero-order valence-corrected chi connectivity index (χ0v) is 4.65. The lowest BCUT2D eigenvalue weighted by molar-refractivity contribution is -0.640. The Morgan fingerprint density at radius 1 is 2.00 bits per heavy atom. The Balaban J connectivity index is 0. The van der Waals surface area contributed by atoms with Crippen LogP contribution in [0.15, 0.2) is 4.99 Å². The number of nitrogens with two attached hydrogens (primary N) is 1. The fourth-order valence-electron chi connectivity index (χ4n) is 0.591. The van der Waals surface area contributed by atoms with Crippen molar-refractivity contribution in [1.82, 2.24) is 10.7 Å². The number of hydrogen-bond donors (Lipinski definition) is 3. The van der Waals surface area contributed by atoms with Crippen LogP contribution in [0.2, 0.25) is 0 Å². The van der Waals surface area contributed by atoms with E-state index in [-0.39, 0.29) is 2.85 Å². The molecule has 0 bridgehead atoms. The summed E-state index contributed by atoms with van der Waals surface area (Å²) in [6, 6.07) is 0. The van der Waals surface area contributed by atoms with Gasteiger partial charge in [0.25, 0.3) is 0 Å². The van der Waals surface area contributed by atoms with E-state index < -0.39 is 0 Å². The number of nitrogens with zero attached hydrogens (tertiary/aromatic N) is 1. The molecular formula is C4H14N4. The van der Waals surface area contributed by atoms with Crippen molar-refractivity contribution in [2.75, 3.05) is 13.1 Å². The average Bonchev–Trinajstić information content (AvgIpc) is 2.19. The molecule has 0 saturated heterocycles. The van der Waals surface area contributed by atoms with Crippen molar-refractivity contribution in [2.24, 2.45) is 4.99 Å². The molecule has 0 aromatic carbocycles. The van der Waals surface area contributed by atoms with Gasteiger partial charge in [0, 0.05) is 9.40 Å². The fraction of sp³-hybridized carbons (Fsp3) is 0.500. The molecule has 0 unspecified atom stereocenters. The third-order valence-corrected chi connectivity index (χ3v) is 0.913. The van der Waals surface area contributed by atoms with Gasteiger partial charge in [-0.1, -0.05) is 0 Å². The van der Waals surface area contributed by atoms with Gasteiger partial charge in [-0.25, -0.2) is 10.4 Å². The van der Waals surface area contributed by atoms with Crippen LogP contribution in [-0.2, 0) is 0 Å². The molecule has 0 amide bonds. The molecule has 4 nitrogen and oxygen atoms in total. The minimum atomic E-state index is 0. The van der Waals surface area contributed by atoms with E-state index in [1.165, 1.54) is 0 Å². The van der Waals surface area contributed by atoms with E-state index in [9.17, 15) is 0 Å². The highest BCUT2D eigenvalue weighted by Gasteiger charge is 2.00. The highest BCUT2D eigenvalue weighted by Crippen LogP contribution is 1.76. The smallest absolute Gasteiger partial charge is 0.235 e. The van der Waals surface area contributed by atoms with Gasteiger partial charge in [0.2, 0.25) is 5.96 Å². The second-order valence-corrected chi connectivity index (χ2v) is 1.51. The molecule has 1 aliphatic rings. The lowest BCUT2D eigenvalue weighted by Crippen LogP contribution is -2.89. The number of rotatable bonds is 1. The molecule has 0 aliphatic carbocycles. The lowest BCUT2D eigenvalue weighted by atomic mass is 10.7. The summed E-state index contributed by atoms with van der Waals surface area (Å²) >= 11 is 0. The minimum absolute atomic E-state index is 0. The van der Waals surface area contributed by atoms with E-state index in [1.807, 2.05) is 0 Å². The molecule has 1 heterocycles. The highest BCUT2D eigenvalue weighted by atomic mass is 15.4. The van der Waals surface area contributed by atoms with Crippen LogP contribution >= 0.6 is 0 Å². The summed E-state index contributed by atoms with van der Waals surface area (Å²) in [5.74, 6) is 0.833. The largest absolute Gasteiger partial charge is 0.372 e. The van der Waals surface area contributed by atoms with E-state index in [0.717, 1.165) is 19.0 Å². The third-order valence-electron chi connectivity index (χ3n) is 0.913.